The molecule has 17 heavy (non-hydrogen) atoms. The quantitative estimate of drug-likeness (QED) is 0.804. The second-order valence-electron chi connectivity index (χ2n) is 4.17. The Labute approximate surface area is 100 Å². The number of carbonyl (C=O) groups excluding carboxylic acids is 1. The molecule has 0 heterocycles. The molecule has 5 heteroatoms. The van der Waals surface area contributed by atoms with Crippen molar-refractivity contribution in [1.29, 1.82) is 0 Å². The van der Waals surface area contributed by atoms with Crippen molar-refractivity contribution in [2.75, 3.05) is 11.4 Å². The van der Waals surface area contributed by atoms with Gasteiger partial charge in [0.2, 0.25) is 5.91 Å². The molecule has 1 amide bonds. The van der Waals surface area contributed by atoms with Crippen molar-refractivity contribution in [3.63, 3.8) is 0 Å². The zero-order valence-corrected chi connectivity index (χ0v) is 10.1. The van der Waals surface area contributed by atoms with Crippen molar-refractivity contribution in [3.05, 3.63) is 29.6 Å². The van der Waals surface area contributed by atoms with Crippen molar-refractivity contribution in [2.24, 2.45) is 11.5 Å². The molecule has 0 aliphatic carbocycles. The molecule has 1 rings (SSSR count). The average Bonchev–Trinajstić information content (AvgIpc) is 2.25. The summed E-state index contributed by atoms with van der Waals surface area (Å²) in [6.45, 7) is 4.05. The van der Waals surface area contributed by atoms with E-state index >= 15 is 0 Å². The van der Waals surface area contributed by atoms with Crippen molar-refractivity contribution in [1.82, 2.24) is 0 Å². The number of primary amides is 1. The third-order valence-electron chi connectivity index (χ3n) is 2.54. The van der Waals surface area contributed by atoms with E-state index in [1.165, 1.54) is 6.07 Å². The fourth-order valence-electron chi connectivity index (χ4n) is 1.62. The standard InChI is InChI=1S/C12H18FN3O/c1-8(2)16(7-12(15)17)10-4-3-9(6-14)11(13)5-10/h3-5,8H,6-7,14H2,1-2H3,(H2,15,17). The zero-order valence-electron chi connectivity index (χ0n) is 10.1. The molecule has 0 aromatic heterocycles. The topological polar surface area (TPSA) is 72.3 Å². The lowest BCUT2D eigenvalue weighted by Crippen LogP contribution is -2.38. The number of hydrogen-bond acceptors (Lipinski definition) is 3. The maximum atomic E-state index is 13.6. The van der Waals surface area contributed by atoms with Gasteiger partial charge in [0.25, 0.3) is 0 Å². The Morgan fingerprint density at radius 3 is 2.53 bits per heavy atom. The van der Waals surface area contributed by atoms with Crippen LogP contribution in [0.15, 0.2) is 18.2 Å². The second kappa shape index (κ2) is 5.63. The van der Waals surface area contributed by atoms with Crippen molar-refractivity contribution in [3.8, 4) is 0 Å². The summed E-state index contributed by atoms with van der Waals surface area (Å²) in [5.74, 6) is -0.804. The molecule has 0 unspecified atom stereocenters. The van der Waals surface area contributed by atoms with Gasteiger partial charge in [-0.15, -0.1) is 0 Å². The third kappa shape index (κ3) is 3.42. The maximum Gasteiger partial charge on any atom is 0.236 e. The van der Waals surface area contributed by atoms with Gasteiger partial charge in [-0.1, -0.05) is 6.07 Å². The van der Waals surface area contributed by atoms with Gasteiger partial charge in [0.1, 0.15) is 5.82 Å². The molecule has 4 N–H and O–H groups in total. The van der Waals surface area contributed by atoms with Crippen LogP contribution >= 0.6 is 0 Å². The molecule has 0 fully saturated rings. The van der Waals surface area contributed by atoms with E-state index in [0.717, 1.165) is 0 Å². The molecule has 0 saturated carbocycles. The van der Waals surface area contributed by atoms with Gasteiger partial charge in [-0.2, -0.15) is 0 Å². The summed E-state index contributed by atoms with van der Waals surface area (Å²) in [5, 5.41) is 0. The summed E-state index contributed by atoms with van der Waals surface area (Å²) in [5.41, 5.74) is 11.6. The summed E-state index contributed by atoms with van der Waals surface area (Å²) in [4.78, 5) is 12.7. The van der Waals surface area contributed by atoms with E-state index in [1.54, 1.807) is 17.0 Å². The average molecular weight is 239 g/mol. The fraction of sp³-hybridized carbons (Fsp3) is 0.417. The van der Waals surface area contributed by atoms with Crippen LogP contribution in [-0.2, 0) is 11.3 Å². The summed E-state index contributed by atoms with van der Waals surface area (Å²) in [6, 6.07) is 4.81. The molecule has 0 spiro atoms. The lowest BCUT2D eigenvalue weighted by molar-refractivity contribution is -0.116. The summed E-state index contributed by atoms with van der Waals surface area (Å²) in [6.07, 6.45) is 0. The summed E-state index contributed by atoms with van der Waals surface area (Å²) in [7, 11) is 0. The van der Waals surface area contributed by atoms with E-state index in [4.69, 9.17) is 11.5 Å². The SMILES string of the molecule is CC(C)N(CC(N)=O)c1ccc(CN)c(F)c1. The minimum Gasteiger partial charge on any atom is -0.368 e. The number of halogens is 1. The zero-order chi connectivity index (χ0) is 13.0. The van der Waals surface area contributed by atoms with E-state index in [-0.39, 0.29) is 24.9 Å². The van der Waals surface area contributed by atoms with Crippen LogP contribution in [0.1, 0.15) is 19.4 Å². The number of carbonyl (C=O) groups is 1. The molecular formula is C12H18FN3O. The third-order valence-corrected chi connectivity index (χ3v) is 2.54. The highest BCUT2D eigenvalue weighted by Gasteiger charge is 2.14. The maximum absolute atomic E-state index is 13.6. The van der Waals surface area contributed by atoms with Gasteiger partial charge in [0, 0.05) is 23.8 Å². The molecule has 94 valence electrons. The first-order valence-corrected chi connectivity index (χ1v) is 5.49. The number of benzene rings is 1. The Hall–Kier alpha value is -1.62. The number of nitrogens with two attached hydrogens (primary N) is 2. The number of rotatable bonds is 5. The first-order chi connectivity index (χ1) is 7.95. The van der Waals surface area contributed by atoms with Crippen LogP contribution < -0.4 is 16.4 Å². The number of anilines is 1. The van der Waals surface area contributed by atoms with Gasteiger partial charge in [-0.3, -0.25) is 4.79 Å². The molecule has 0 aliphatic heterocycles. The van der Waals surface area contributed by atoms with Gasteiger partial charge in [0.05, 0.1) is 6.54 Å². The largest absolute Gasteiger partial charge is 0.368 e. The summed E-state index contributed by atoms with van der Waals surface area (Å²) >= 11 is 0. The second-order valence-corrected chi connectivity index (χ2v) is 4.17. The van der Waals surface area contributed by atoms with E-state index in [2.05, 4.69) is 0 Å². The van der Waals surface area contributed by atoms with Crippen LogP contribution in [0.25, 0.3) is 0 Å². The van der Waals surface area contributed by atoms with Crippen LogP contribution in [0.5, 0.6) is 0 Å². The molecular weight excluding hydrogens is 221 g/mol. The van der Waals surface area contributed by atoms with E-state index < -0.39 is 5.91 Å². The highest BCUT2D eigenvalue weighted by atomic mass is 19.1. The number of nitrogens with zero attached hydrogens (tertiary/aromatic N) is 1. The molecule has 0 radical (unpaired) electrons. The Bertz CT molecular complexity index is 407. The van der Waals surface area contributed by atoms with Crippen LogP contribution in [0.4, 0.5) is 10.1 Å². The van der Waals surface area contributed by atoms with Gasteiger partial charge in [0.15, 0.2) is 0 Å². The Balaban J connectivity index is 3.02. The molecule has 1 aromatic rings. The highest BCUT2D eigenvalue weighted by Crippen LogP contribution is 2.20. The van der Waals surface area contributed by atoms with Crippen LogP contribution in [0.2, 0.25) is 0 Å². The van der Waals surface area contributed by atoms with Crippen LogP contribution in [0.3, 0.4) is 0 Å². The Morgan fingerprint density at radius 1 is 1.47 bits per heavy atom. The smallest absolute Gasteiger partial charge is 0.236 e. The molecule has 1 aromatic carbocycles. The van der Waals surface area contributed by atoms with Crippen molar-refractivity contribution >= 4 is 11.6 Å². The first-order valence-electron chi connectivity index (χ1n) is 5.49. The highest BCUT2D eigenvalue weighted by molar-refractivity contribution is 5.79. The molecule has 0 atom stereocenters. The van der Waals surface area contributed by atoms with Crippen LogP contribution in [0, 0.1) is 5.82 Å². The predicted octanol–water partition coefficient (Wildman–Crippen LogP) is 0.984. The monoisotopic (exact) mass is 239 g/mol. The van der Waals surface area contributed by atoms with Crippen molar-refractivity contribution in [2.45, 2.75) is 26.4 Å². The van der Waals surface area contributed by atoms with E-state index in [9.17, 15) is 9.18 Å². The predicted molar refractivity (Wildman–Crippen MR) is 66.0 cm³/mol. The van der Waals surface area contributed by atoms with Crippen LogP contribution in [-0.4, -0.2) is 18.5 Å². The first kappa shape index (κ1) is 13.4. The van der Waals surface area contributed by atoms with E-state index in [0.29, 0.717) is 11.3 Å². The lowest BCUT2D eigenvalue weighted by Gasteiger charge is -2.27. The van der Waals surface area contributed by atoms with Gasteiger partial charge < -0.3 is 16.4 Å². The van der Waals surface area contributed by atoms with Gasteiger partial charge in [-0.05, 0) is 26.0 Å². The normalized spacial score (nSPS) is 10.6. The minimum atomic E-state index is -0.443. The summed E-state index contributed by atoms with van der Waals surface area (Å²) < 4.78 is 13.6. The Kier molecular flexibility index (Phi) is 4.45. The van der Waals surface area contributed by atoms with Gasteiger partial charge in [-0.25, -0.2) is 4.39 Å². The molecule has 0 saturated heterocycles. The fourth-order valence-corrected chi connectivity index (χ4v) is 1.62. The van der Waals surface area contributed by atoms with E-state index in [1.807, 2.05) is 13.8 Å². The minimum absolute atomic E-state index is 0.0608. The molecule has 0 aliphatic rings. The Morgan fingerprint density at radius 2 is 2.12 bits per heavy atom. The number of hydrogen-bond donors (Lipinski definition) is 2. The lowest BCUT2D eigenvalue weighted by atomic mass is 10.1. The van der Waals surface area contributed by atoms with Crippen molar-refractivity contribution < 1.29 is 9.18 Å². The molecule has 0 bridgehead atoms. The number of amides is 1. The van der Waals surface area contributed by atoms with Gasteiger partial charge >= 0.3 is 0 Å². The molecule has 4 nitrogen and oxygen atoms in total.